The third-order valence-electron chi connectivity index (χ3n) is 6.14. The summed E-state index contributed by atoms with van der Waals surface area (Å²) >= 11 is 5.90. The third-order valence-corrected chi connectivity index (χ3v) is 6.47. The highest BCUT2D eigenvalue weighted by atomic mass is 35.5. The van der Waals surface area contributed by atoms with E-state index in [2.05, 4.69) is 17.3 Å². The van der Waals surface area contributed by atoms with E-state index in [9.17, 15) is 19.5 Å². The molecule has 7 nitrogen and oxygen atoms in total. The summed E-state index contributed by atoms with van der Waals surface area (Å²) in [5.41, 5.74) is 0.512. The molecule has 1 aliphatic heterocycles. The lowest BCUT2D eigenvalue weighted by atomic mass is 9.63. The van der Waals surface area contributed by atoms with Crippen LogP contribution in [-0.2, 0) is 9.59 Å². The lowest BCUT2D eigenvalue weighted by Gasteiger charge is -2.37. The van der Waals surface area contributed by atoms with Gasteiger partial charge in [0.25, 0.3) is 11.8 Å². The Labute approximate surface area is 176 Å². The number of hydrogen-bond donors (Lipinski definition) is 1. The number of carboxylic acid groups (broad SMARTS) is 1. The molecular formula is C22H17ClN2O5. The van der Waals surface area contributed by atoms with Crippen molar-refractivity contribution in [1.82, 2.24) is 5.01 Å². The Balaban J connectivity index is 1.37. The normalized spacial score (nSPS) is 27.3. The van der Waals surface area contributed by atoms with Gasteiger partial charge in [-0.15, -0.1) is 0 Å². The van der Waals surface area contributed by atoms with Gasteiger partial charge in [-0.3, -0.25) is 9.59 Å². The highest BCUT2D eigenvalue weighted by molar-refractivity contribution is 6.33. The summed E-state index contributed by atoms with van der Waals surface area (Å²) < 4.78 is 5.70. The smallest absolute Gasteiger partial charge is 0.337 e. The van der Waals surface area contributed by atoms with Crippen LogP contribution in [0.4, 0.5) is 0 Å². The van der Waals surface area contributed by atoms with E-state index < -0.39 is 5.97 Å². The number of halogens is 1. The number of amides is 2. The third kappa shape index (κ3) is 2.89. The highest BCUT2D eigenvalue weighted by Gasteiger charge is 2.56. The van der Waals surface area contributed by atoms with Crippen LogP contribution in [0.5, 0.6) is 0 Å². The van der Waals surface area contributed by atoms with E-state index in [1.807, 2.05) is 0 Å². The van der Waals surface area contributed by atoms with Gasteiger partial charge >= 0.3 is 5.97 Å². The second-order valence-electron chi connectivity index (χ2n) is 7.78. The summed E-state index contributed by atoms with van der Waals surface area (Å²) in [6.07, 6.45) is 7.31. The minimum absolute atomic E-state index is 0.0279. The van der Waals surface area contributed by atoms with Crippen molar-refractivity contribution in [1.29, 1.82) is 0 Å². The second kappa shape index (κ2) is 6.95. The van der Waals surface area contributed by atoms with Crippen molar-refractivity contribution in [3.8, 4) is 11.3 Å². The number of hydrogen-bond acceptors (Lipinski definition) is 5. The Morgan fingerprint density at radius 3 is 2.37 bits per heavy atom. The maximum atomic E-state index is 12.8. The first-order valence-electron chi connectivity index (χ1n) is 9.67. The minimum Gasteiger partial charge on any atom is -0.478 e. The maximum Gasteiger partial charge on any atom is 0.337 e. The number of carbonyl (C=O) groups is 3. The molecule has 1 N–H and O–H groups in total. The van der Waals surface area contributed by atoms with Crippen LogP contribution in [0.3, 0.4) is 0 Å². The van der Waals surface area contributed by atoms with Gasteiger partial charge in [-0.25, -0.2) is 4.79 Å². The molecule has 2 aromatic rings. The predicted octanol–water partition coefficient (Wildman–Crippen LogP) is 3.83. The number of aromatic carboxylic acids is 1. The topological polar surface area (TPSA) is 100 Å². The monoisotopic (exact) mass is 424 g/mol. The SMILES string of the molecule is O=C(O)c1cc(-c2ccc(/C=N\N3C(=O)[C@H]4[C@H](C3=O)[C@H]3C=C[C@H]4CC3)o2)ccc1Cl. The first kappa shape index (κ1) is 18.8. The molecule has 6 rings (SSSR count). The van der Waals surface area contributed by atoms with Gasteiger partial charge in [0.05, 0.1) is 28.6 Å². The summed E-state index contributed by atoms with van der Waals surface area (Å²) in [5.74, 6) is -1.28. The number of benzene rings is 1. The molecule has 0 spiro atoms. The number of allylic oxidation sites excluding steroid dienone is 2. The molecule has 1 aromatic heterocycles. The van der Waals surface area contributed by atoms with E-state index in [0.29, 0.717) is 17.1 Å². The zero-order valence-electron chi connectivity index (χ0n) is 15.7. The highest BCUT2D eigenvalue weighted by Crippen LogP contribution is 2.49. The molecule has 2 bridgehead atoms. The van der Waals surface area contributed by atoms with E-state index in [1.54, 1.807) is 18.2 Å². The number of carboxylic acids is 1. The fourth-order valence-corrected chi connectivity index (χ4v) is 4.91. The Hall–Kier alpha value is -3.19. The van der Waals surface area contributed by atoms with Crippen LogP contribution in [0.2, 0.25) is 5.02 Å². The van der Waals surface area contributed by atoms with Crippen LogP contribution < -0.4 is 0 Å². The molecule has 2 heterocycles. The van der Waals surface area contributed by atoms with Gasteiger partial charge in [0.15, 0.2) is 0 Å². The Bertz CT molecular complexity index is 1100. The van der Waals surface area contributed by atoms with Gasteiger partial charge in [0, 0.05) is 5.56 Å². The lowest BCUT2D eigenvalue weighted by molar-refractivity contribution is -0.140. The van der Waals surface area contributed by atoms with Crippen LogP contribution >= 0.6 is 11.6 Å². The molecule has 30 heavy (non-hydrogen) atoms. The standard InChI is InChI=1S/C22H17ClN2O5/c23-16-7-5-13(9-15(16)22(28)29)17-8-6-14(30-17)10-24-25-20(26)18-11-1-2-12(4-3-11)19(18)21(25)27/h1-2,5-12,18-19H,3-4H2,(H,28,29)/b24-10-/t11-,12-,18+,19+/m0/s1. The molecule has 2 fully saturated rings. The fraction of sp³-hybridized carbons (Fsp3) is 0.273. The summed E-state index contributed by atoms with van der Waals surface area (Å²) in [6.45, 7) is 0. The summed E-state index contributed by atoms with van der Waals surface area (Å²) in [4.78, 5) is 36.8. The van der Waals surface area contributed by atoms with Crippen LogP contribution in [0, 0.1) is 23.7 Å². The summed E-state index contributed by atoms with van der Waals surface area (Å²) in [6, 6.07) is 7.86. The van der Waals surface area contributed by atoms with E-state index in [0.717, 1.165) is 17.9 Å². The van der Waals surface area contributed by atoms with Crippen molar-refractivity contribution in [3.05, 3.63) is 58.8 Å². The number of fused-ring (bicyclic) bond motifs is 1. The molecular weight excluding hydrogens is 408 g/mol. The number of nitrogens with zero attached hydrogens (tertiary/aromatic N) is 2. The molecule has 4 aliphatic rings. The van der Waals surface area contributed by atoms with Crippen molar-refractivity contribution >= 4 is 35.6 Å². The van der Waals surface area contributed by atoms with Crippen LogP contribution in [-0.4, -0.2) is 34.1 Å². The molecule has 8 heteroatoms. The van der Waals surface area contributed by atoms with Crippen molar-refractivity contribution < 1.29 is 23.9 Å². The molecule has 0 radical (unpaired) electrons. The maximum absolute atomic E-state index is 12.8. The van der Waals surface area contributed by atoms with E-state index in [4.69, 9.17) is 16.0 Å². The average molecular weight is 425 g/mol. The molecule has 1 aromatic carbocycles. The van der Waals surface area contributed by atoms with Crippen molar-refractivity contribution in [2.75, 3.05) is 0 Å². The largest absolute Gasteiger partial charge is 0.478 e. The minimum atomic E-state index is -1.13. The van der Waals surface area contributed by atoms with Gasteiger partial charge < -0.3 is 9.52 Å². The number of rotatable bonds is 4. The number of carbonyl (C=O) groups excluding carboxylic acids is 2. The summed E-state index contributed by atoms with van der Waals surface area (Å²) in [5, 5.41) is 14.4. The number of hydrazone groups is 1. The molecule has 4 atom stereocenters. The molecule has 1 saturated heterocycles. The second-order valence-corrected chi connectivity index (χ2v) is 8.18. The van der Waals surface area contributed by atoms with Crippen LogP contribution in [0.25, 0.3) is 11.3 Å². The quantitative estimate of drug-likeness (QED) is 0.456. The van der Waals surface area contributed by atoms with Crippen LogP contribution in [0.15, 0.2) is 52.0 Å². The zero-order valence-corrected chi connectivity index (χ0v) is 16.5. The van der Waals surface area contributed by atoms with E-state index in [-0.39, 0.29) is 46.1 Å². The van der Waals surface area contributed by atoms with Crippen molar-refractivity contribution in [2.45, 2.75) is 12.8 Å². The lowest BCUT2D eigenvalue weighted by Crippen LogP contribution is -2.38. The Morgan fingerprint density at radius 2 is 1.77 bits per heavy atom. The molecule has 3 aliphatic carbocycles. The Morgan fingerprint density at radius 1 is 1.10 bits per heavy atom. The van der Waals surface area contributed by atoms with Crippen molar-refractivity contribution in [3.63, 3.8) is 0 Å². The summed E-state index contributed by atoms with van der Waals surface area (Å²) in [7, 11) is 0. The molecule has 2 amide bonds. The Kier molecular flexibility index (Phi) is 4.36. The first-order valence-corrected chi connectivity index (χ1v) is 10.0. The number of imide groups is 1. The van der Waals surface area contributed by atoms with E-state index in [1.165, 1.54) is 18.3 Å². The van der Waals surface area contributed by atoms with Gasteiger partial charge in [-0.05, 0) is 55.0 Å². The average Bonchev–Trinajstić information content (AvgIpc) is 3.32. The number of furan rings is 1. The fourth-order valence-electron chi connectivity index (χ4n) is 4.71. The molecule has 152 valence electrons. The van der Waals surface area contributed by atoms with Crippen LogP contribution in [0.1, 0.15) is 29.0 Å². The van der Waals surface area contributed by atoms with E-state index >= 15 is 0 Å². The van der Waals surface area contributed by atoms with Gasteiger partial charge in [-0.1, -0.05) is 23.8 Å². The van der Waals surface area contributed by atoms with Gasteiger partial charge in [0.1, 0.15) is 11.5 Å². The predicted molar refractivity (Wildman–Crippen MR) is 108 cm³/mol. The van der Waals surface area contributed by atoms with Gasteiger partial charge in [-0.2, -0.15) is 10.1 Å². The first-order chi connectivity index (χ1) is 14.4. The van der Waals surface area contributed by atoms with Crippen molar-refractivity contribution in [2.24, 2.45) is 28.8 Å². The zero-order chi connectivity index (χ0) is 21.0. The van der Waals surface area contributed by atoms with Gasteiger partial charge in [0.2, 0.25) is 0 Å². The molecule has 1 saturated carbocycles. The molecule has 0 unspecified atom stereocenters.